The third kappa shape index (κ3) is 1.85. The van der Waals surface area contributed by atoms with E-state index in [1.807, 2.05) is 6.20 Å². The molecule has 0 unspecified atom stereocenters. The molecule has 6 atom stereocenters. The SMILES string of the molecule is C[C@]12Cc3cn[nH]c3C=C1C=C[C@@H]1[C@@H]2CC[C@@]2(C)[C@H]1CC[C@@]21CCC(=O)O1. The minimum atomic E-state index is -0.186. The van der Waals surface area contributed by atoms with E-state index in [1.165, 1.54) is 36.1 Å². The van der Waals surface area contributed by atoms with E-state index >= 15 is 0 Å². The van der Waals surface area contributed by atoms with Gasteiger partial charge in [-0.15, -0.1) is 0 Å². The molecule has 0 aromatic carbocycles. The van der Waals surface area contributed by atoms with Crippen molar-refractivity contribution in [3.05, 3.63) is 35.2 Å². The number of carbonyl (C=O) groups excluding carboxylic acids is 1. The highest BCUT2D eigenvalue weighted by Crippen LogP contribution is 2.68. The first-order valence-corrected chi connectivity index (χ1v) is 10.6. The summed E-state index contributed by atoms with van der Waals surface area (Å²) in [6, 6.07) is 0. The molecule has 1 N–H and O–H groups in total. The highest BCUT2D eigenvalue weighted by Gasteiger charge is 2.66. The van der Waals surface area contributed by atoms with Crippen LogP contribution in [-0.4, -0.2) is 21.8 Å². The number of hydrogen-bond acceptors (Lipinski definition) is 3. The van der Waals surface area contributed by atoms with E-state index in [1.54, 1.807) is 0 Å². The highest BCUT2D eigenvalue weighted by atomic mass is 16.6. The number of nitrogens with zero attached hydrogens (tertiary/aromatic N) is 1. The van der Waals surface area contributed by atoms with Gasteiger partial charge in [0.05, 0.1) is 11.9 Å². The smallest absolute Gasteiger partial charge is 0.306 e. The lowest BCUT2D eigenvalue weighted by atomic mass is 9.48. The number of ether oxygens (including phenoxy) is 1. The van der Waals surface area contributed by atoms with Crippen LogP contribution in [0, 0.1) is 28.6 Å². The molecule has 1 spiro atoms. The van der Waals surface area contributed by atoms with E-state index in [2.05, 4.69) is 42.3 Å². The molecule has 1 aromatic rings. The second kappa shape index (κ2) is 4.95. The quantitative estimate of drug-likeness (QED) is 0.692. The molecule has 0 amide bonds. The normalized spacial score (nSPS) is 47.1. The molecule has 1 aliphatic heterocycles. The molecule has 2 heterocycles. The molecule has 4 nitrogen and oxygen atoms in total. The maximum absolute atomic E-state index is 12.0. The minimum absolute atomic E-state index is 0.0233. The van der Waals surface area contributed by atoms with Gasteiger partial charge in [-0.2, -0.15) is 5.10 Å². The molecule has 142 valence electrons. The fourth-order valence-electron chi connectivity index (χ4n) is 7.71. The summed E-state index contributed by atoms with van der Waals surface area (Å²) in [5.74, 6) is 1.91. The molecule has 2 saturated carbocycles. The summed E-state index contributed by atoms with van der Waals surface area (Å²) in [6.07, 6.45) is 16.5. The Labute approximate surface area is 160 Å². The van der Waals surface area contributed by atoms with Crippen LogP contribution in [0.15, 0.2) is 23.9 Å². The van der Waals surface area contributed by atoms with Gasteiger partial charge in [0.2, 0.25) is 0 Å². The van der Waals surface area contributed by atoms with Crippen LogP contribution >= 0.6 is 0 Å². The number of carbonyl (C=O) groups is 1. The van der Waals surface area contributed by atoms with E-state index in [4.69, 9.17) is 4.74 Å². The third-order valence-corrected chi connectivity index (χ3v) is 9.25. The first-order valence-electron chi connectivity index (χ1n) is 10.6. The molecule has 6 rings (SSSR count). The van der Waals surface area contributed by atoms with Crippen molar-refractivity contribution in [1.29, 1.82) is 0 Å². The van der Waals surface area contributed by atoms with Crippen molar-refractivity contribution in [3.63, 3.8) is 0 Å². The molecule has 5 aliphatic rings. The van der Waals surface area contributed by atoms with Crippen LogP contribution < -0.4 is 0 Å². The van der Waals surface area contributed by atoms with Gasteiger partial charge in [-0.1, -0.05) is 26.0 Å². The fourth-order valence-corrected chi connectivity index (χ4v) is 7.71. The molecule has 4 heteroatoms. The van der Waals surface area contributed by atoms with Crippen molar-refractivity contribution in [2.75, 3.05) is 0 Å². The monoisotopic (exact) mass is 364 g/mol. The van der Waals surface area contributed by atoms with Gasteiger partial charge in [0.15, 0.2) is 0 Å². The zero-order valence-corrected chi connectivity index (χ0v) is 16.3. The number of hydrogen-bond donors (Lipinski definition) is 1. The summed E-state index contributed by atoms with van der Waals surface area (Å²) in [4.78, 5) is 12.0. The maximum atomic E-state index is 12.0. The predicted octanol–water partition coefficient (Wildman–Crippen LogP) is 4.44. The van der Waals surface area contributed by atoms with Gasteiger partial charge in [0, 0.05) is 17.3 Å². The number of fused-ring (bicyclic) bond motifs is 7. The third-order valence-electron chi connectivity index (χ3n) is 9.25. The lowest BCUT2D eigenvalue weighted by Gasteiger charge is -2.57. The summed E-state index contributed by atoms with van der Waals surface area (Å²) in [5.41, 5.74) is 4.15. The van der Waals surface area contributed by atoms with E-state index in [9.17, 15) is 4.79 Å². The first kappa shape index (κ1) is 16.1. The molecule has 0 bridgehead atoms. The van der Waals surface area contributed by atoms with Crippen LogP contribution in [0.5, 0.6) is 0 Å². The standard InChI is InChI=1S/C23H28N2O2/c1-21-12-14-13-24-25-19(14)11-15(21)3-4-16-17(21)5-8-22(2)18(16)6-9-23(22)10-7-20(26)27-23/h3-4,11,13,16-18H,5-10,12H2,1-2H3,(H,24,25)/t16-,17+,18+,21+,22+,23-/m1/s1. The van der Waals surface area contributed by atoms with Crippen molar-refractivity contribution in [2.45, 2.75) is 64.4 Å². The Bertz CT molecular complexity index is 898. The Morgan fingerprint density at radius 1 is 1.19 bits per heavy atom. The topological polar surface area (TPSA) is 55.0 Å². The maximum Gasteiger partial charge on any atom is 0.306 e. The average molecular weight is 364 g/mol. The molecule has 3 fully saturated rings. The molecular weight excluding hydrogens is 336 g/mol. The molecule has 1 aromatic heterocycles. The van der Waals surface area contributed by atoms with Gasteiger partial charge in [0.25, 0.3) is 0 Å². The van der Waals surface area contributed by atoms with Crippen LogP contribution in [0.3, 0.4) is 0 Å². The van der Waals surface area contributed by atoms with Crippen molar-refractivity contribution in [3.8, 4) is 0 Å². The average Bonchev–Trinajstić information content (AvgIpc) is 3.31. The second-order valence-corrected chi connectivity index (χ2v) is 10.1. The molecular formula is C23H28N2O2. The Kier molecular flexibility index (Phi) is 2.96. The van der Waals surface area contributed by atoms with E-state index < -0.39 is 0 Å². The van der Waals surface area contributed by atoms with E-state index in [0.717, 1.165) is 19.3 Å². The van der Waals surface area contributed by atoms with Crippen molar-refractivity contribution in [2.24, 2.45) is 28.6 Å². The number of aromatic amines is 1. The summed E-state index contributed by atoms with van der Waals surface area (Å²) in [5, 5.41) is 7.43. The second-order valence-electron chi connectivity index (χ2n) is 10.1. The Morgan fingerprint density at radius 2 is 2.04 bits per heavy atom. The van der Waals surface area contributed by atoms with Crippen molar-refractivity contribution >= 4 is 12.0 Å². The number of esters is 1. The zero-order chi connectivity index (χ0) is 18.4. The minimum Gasteiger partial charge on any atom is -0.458 e. The van der Waals surface area contributed by atoms with E-state index in [-0.39, 0.29) is 22.4 Å². The number of allylic oxidation sites excluding steroid dienone is 3. The van der Waals surface area contributed by atoms with Gasteiger partial charge >= 0.3 is 5.97 Å². The van der Waals surface area contributed by atoms with Gasteiger partial charge in [-0.25, -0.2) is 0 Å². The zero-order valence-electron chi connectivity index (χ0n) is 16.3. The largest absolute Gasteiger partial charge is 0.458 e. The Morgan fingerprint density at radius 3 is 2.85 bits per heavy atom. The fraction of sp³-hybridized carbons (Fsp3) is 0.652. The number of rotatable bonds is 0. The summed E-state index contributed by atoms with van der Waals surface area (Å²) >= 11 is 0. The van der Waals surface area contributed by atoms with Crippen molar-refractivity contribution in [1.82, 2.24) is 10.2 Å². The lowest BCUT2D eigenvalue weighted by molar-refractivity contribution is -0.165. The Hall–Kier alpha value is -1.84. The molecule has 4 aliphatic carbocycles. The highest BCUT2D eigenvalue weighted by molar-refractivity contribution is 5.72. The summed E-state index contributed by atoms with van der Waals surface area (Å²) in [7, 11) is 0. The van der Waals surface area contributed by atoms with Gasteiger partial charge < -0.3 is 4.74 Å². The van der Waals surface area contributed by atoms with Gasteiger partial charge in [-0.05, 0) is 73.5 Å². The lowest BCUT2D eigenvalue weighted by Crippen LogP contribution is -2.53. The molecule has 0 radical (unpaired) electrons. The van der Waals surface area contributed by atoms with Gasteiger partial charge in [-0.3, -0.25) is 9.89 Å². The van der Waals surface area contributed by atoms with E-state index in [0.29, 0.717) is 24.2 Å². The summed E-state index contributed by atoms with van der Waals surface area (Å²) in [6.45, 7) is 4.90. The first-order chi connectivity index (χ1) is 13.0. The molecule has 1 saturated heterocycles. The van der Waals surface area contributed by atoms with Crippen LogP contribution in [-0.2, 0) is 16.0 Å². The van der Waals surface area contributed by atoms with Crippen LogP contribution in [0.25, 0.3) is 6.08 Å². The summed E-state index contributed by atoms with van der Waals surface area (Å²) < 4.78 is 6.04. The van der Waals surface area contributed by atoms with Crippen molar-refractivity contribution < 1.29 is 9.53 Å². The predicted molar refractivity (Wildman–Crippen MR) is 103 cm³/mol. The van der Waals surface area contributed by atoms with Gasteiger partial charge in [0.1, 0.15) is 5.60 Å². The number of aromatic nitrogens is 2. The number of nitrogens with one attached hydrogen (secondary N) is 1. The van der Waals surface area contributed by atoms with Crippen LogP contribution in [0.1, 0.15) is 63.6 Å². The van der Waals surface area contributed by atoms with Crippen LogP contribution in [0.4, 0.5) is 0 Å². The molecule has 27 heavy (non-hydrogen) atoms. The number of H-pyrrole nitrogens is 1. The van der Waals surface area contributed by atoms with Crippen LogP contribution in [0.2, 0.25) is 0 Å². The Balaban J connectivity index is 1.40.